The third-order valence-electron chi connectivity index (χ3n) is 5.77. The third kappa shape index (κ3) is 5.82. The van der Waals surface area contributed by atoms with Crippen molar-refractivity contribution >= 4 is 11.4 Å². The van der Waals surface area contributed by atoms with Crippen molar-refractivity contribution in [3.05, 3.63) is 83.7 Å². The molecule has 0 aliphatic rings. The van der Waals surface area contributed by atoms with Crippen molar-refractivity contribution in [2.75, 3.05) is 37.2 Å². The molecule has 170 valence electrons. The van der Waals surface area contributed by atoms with Crippen molar-refractivity contribution in [2.45, 2.75) is 46.0 Å². The van der Waals surface area contributed by atoms with E-state index in [4.69, 9.17) is 4.74 Å². The minimum atomic E-state index is 0.471. The van der Waals surface area contributed by atoms with Gasteiger partial charge >= 0.3 is 0 Å². The van der Waals surface area contributed by atoms with Gasteiger partial charge in [-0.2, -0.15) is 0 Å². The van der Waals surface area contributed by atoms with Gasteiger partial charge in [0.2, 0.25) is 0 Å². The largest absolute Gasteiger partial charge is 0.491 e. The summed E-state index contributed by atoms with van der Waals surface area (Å²) in [6.45, 7) is 10.4. The SMILES string of the molecule is CC(C)c1cccc(C(C)C)c1N(C)CN(C)c1ccccc1OCCc1ccccn1. The van der Waals surface area contributed by atoms with Crippen LogP contribution in [-0.2, 0) is 6.42 Å². The maximum absolute atomic E-state index is 6.17. The van der Waals surface area contributed by atoms with Crippen LogP contribution in [0.15, 0.2) is 66.9 Å². The first-order chi connectivity index (χ1) is 15.4. The van der Waals surface area contributed by atoms with E-state index in [9.17, 15) is 0 Å². The molecule has 0 radical (unpaired) electrons. The van der Waals surface area contributed by atoms with Crippen LogP contribution in [0.1, 0.15) is 56.4 Å². The molecular formula is C28H37N3O. The number of para-hydroxylation sites is 3. The molecule has 4 heteroatoms. The van der Waals surface area contributed by atoms with Crippen molar-refractivity contribution in [3.63, 3.8) is 0 Å². The third-order valence-corrected chi connectivity index (χ3v) is 5.77. The van der Waals surface area contributed by atoms with Gasteiger partial charge in [0.05, 0.1) is 19.0 Å². The molecule has 0 N–H and O–H groups in total. The summed E-state index contributed by atoms with van der Waals surface area (Å²) in [4.78, 5) is 9.02. The molecule has 1 heterocycles. The second kappa shape index (κ2) is 11.0. The van der Waals surface area contributed by atoms with Crippen LogP contribution in [0.25, 0.3) is 0 Å². The summed E-state index contributed by atoms with van der Waals surface area (Å²) >= 11 is 0. The van der Waals surface area contributed by atoms with Gasteiger partial charge < -0.3 is 14.5 Å². The average Bonchev–Trinajstić information content (AvgIpc) is 2.79. The highest BCUT2D eigenvalue weighted by Crippen LogP contribution is 2.35. The quantitative estimate of drug-likeness (QED) is 0.344. The first kappa shape index (κ1) is 23.6. The molecule has 3 aromatic rings. The first-order valence-corrected chi connectivity index (χ1v) is 11.5. The molecule has 0 atom stereocenters. The minimum Gasteiger partial charge on any atom is -0.491 e. The summed E-state index contributed by atoms with van der Waals surface area (Å²) in [6, 6.07) is 21.0. The zero-order valence-corrected chi connectivity index (χ0v) is 20.4. The molecule has 0 unspecified atom stereocenters. The molecule has 0 aliphatic heterocycles. The van der Waals surface area contributed by atoms with E-state index < -0.39 is 0 Å². The number of benzene rings is 2. The molecule has 0 amide bonds. The molecule has 0 fully saturated rings. The van der Waals surface area contributed by atoms with E-state index >= 15 is 0 Å². The van der Waals surface area contributed by atoms with Gasteiger partial charge in [0.15, 0.2) is 0 Å². The van der Waals surface area contributed by atoms with Crippen LogP contribution in [-0.4, -0.2) is 32.4 Å². The molecule has 0 bridgehead atoms. The predicted octanol–water partition coefficient (Wildman–Crippen LogP) is 6.48. The lowest BCUT2D eigenvalue weighted by Crippen LogP contribution is -2.34. The molecule has 1 aromatic heterocycles. The van der Waals surface area contributed by atoms with Gasteiger partial charge in [0.1, 0.15) is 5.75 Å². The average molecular weight is 432 g/mol. The first-order valence-electron chi connectivity index (χ1n) is 11.5. The van der Waals surface area contributed by atoms with Gasteiger partial charge in [0, 0.05) is 38.1 Å². The van der Waals surface area contributed by atoms with Gasteiger partial charge in [-0.3, -0.25) is 4.98 Å². The van der Waals surface area contributed by atoms with E-state index in [0.717, 1.165) is 30.2 Å². The van der Waals surface area contributed by atoms with Gasteiger partial charge in [-0.25, -0.2) is 0 Å². The Hall–Kier alpha value is -3.01. The molecule has 2 aromatic carbocycles. The van der Waals surface area contributed by atoms with E-state index in [2.05, 4.69) is 86.9 Å². The zero-order valence-electron chi connectivity index (χ0n) is 20.4. The van der Waals surface area contributed by atoms with Crippen LogP contribution in [0.5, 0.6) is 5.75 Å². The van der Waals surface area contributed by atoms with Crippen LogP contribution < -0.4 is 14.5 Å². The van der Waals surface area contributed by atoms with Crippen LogP contribution in [0.2, 0.25) is 0 Å². The molecule has 3 rings (SSSR count). The van der Waals surface area contributed by atoms with E-state index in [1.807, 2.05) is 36.5 Å². The number of pyridine rings is 1. The number of ether oxygens (including phenoxy) is 1. The lowest BCUT2D eigenvalue weighted by molar-refractivity contribution is 0.321. The highest BCUT2D eigenvalue weighted by molar-refractivity contribution is 5.64. The second-order valence-electron chi connectivity index (χ2n) is 9.02. The lowest BCUT2D eigenvalue weighted by atomic mass is 9.92. The second-order valence-corrected chi connectivity index (χ2v) is 9.02. The van der Waals surface area contributed by atoms with E-state index in [-0.39, 0.29) is 0 Å². The maximum atomic E-state index is 6.17. The summed E-state index contributed by atoms with van der Waals surface area (Å²) in [7, 11) is 4.32. The van der Waals surface area contributed by atoms with Crippen molar-refractivity contribution < 1.29 is 4.74 Å². The topological polar surface area (TPSA) is 28.6 Å². The summed E-state index contributed by atoms with van der Waals surface area (Å²) in [5.74, 6) is 1.85. The van der Waals surface area contributed by atoms with Gasteiger partial charge in [-0.05, 0) is 47.2 Å². The van der Waals surface area contributed by atoms with Gasteiger partial charge in [0.25, 0.3) is 0 Å². The van der Waals surface area contributed by atoms with Crippen LogP contribution >= 0.6 is 0 Å². The Labute approximate surface area is 193 Å². The van der Waals surface area contributed by atoms with Crippen LogP contribution in [0, 0.1) is 0 Å². The number of hydrogen-bond acceptors (Lipinski definition) is 4. The number of hydrogen-bond donors (Lipinski definition) is 0. The minimum absolute atomic E-state index is 0.471. The fourth-order valence-electron chi connectivity index (χ4n) is 4.12. The van der Waals surface area contributed by atoms with E-state index in [1.54, 1.807) is 0 Å². The molecule has 0 saturated heterocycles. The maximum Gasteiger partial charge on any atom is 0.142 e. The van der Waals surface area contributed by atoms with E-state index in [1.165, 1.54) is 16.8 Å². The monoisotopic (exact) mass is 431 g/mol. The lowest BCUT2D eigenvalue weighted by Gasteiger charge is -2.33. The Morgan fingerprint density at radius 1 is 0.781 bits per heavy atom. The fraction of sp³-hybridized carbons (Fsp3) is 0.393. The Bertz CT molecular complexity index is 959. The standard InChI is InChI=1S/C28H37N3O/c1-21(2)24-13-11-14-25(22(3)4)28(24)31(6)20-30(5)26-15-7-8-16-27(26)32-19-17-23-12-9-10-18-29-23/h7-16,18,21-22H,17,19-20H2,1-6H3. The molecule has 32 heavy (non-hydrogen) atoms. The summed E-state index contributed by atoms with van der Waals surface area (Å²) in [6.07, 6.45) is 2.62. The molecule has 4 nitrogen and oxygen atoms in total. The molecular weight excluding hydrogens is 394 g/mol. The zero-order chi connectivity index (χ0) is 23.1. The van der Waals surface area contributed by atoms with Crippen molar-refractivity contribution in [2.24, 2.45) is 0 Å². The number of anilines is 2. The number of nitrogens with zero attached hydrogens (tertiary/aromatic N) is 3. The molecule has 0 saturated carbocycles. The van der Waals surface area contributed by atoms with Crippen molar-refractivity contribution in [1.29, 1.82) is 0 Å². The fourth-order valence-corrected chi connectivity index (χ4v) is 4.12. The Kier molecular flexibility index (Phi) is 8.15. The smallest absolute Gasteiger partial charge is 0.142 e. The van der Waals surface area contributed by atoms with E-state index in [0.29, 0.717) is 18.4 Å². The van der Waals surface area contributed by atoms with Crippen LogP contribution in [0.3, 0.4) is 0 Å². The normalized spacial score (nSPS) is 11.1. The Morgan fingerprint density at radius 2 is 1.44 bits per heavy atom. The summed E-state index contributed by atoms with van der Waals surface area (Å²) < 4.78 is 6.17. The van der Waals surface area contributed by atoms with Gasteiger partial charge in [-0.15, -0.1) is 0 Å². The molecule has 0 aliphatic carbocycles. The van der Waals surface area contributed by atoms with Crippen molar-refractivity contribution in [3.8, 4) is 5.75 Å². The van der Waals surface area contributed by atoms with Crippen LogP contribution in [0.4, 0.5) is 11.4 Å². The summed E-state index contributed by atoms with van der Waals surface area (Å²) in [5.41, 5.74) is 6.27. The highest BCUT2D eigenvalue weighted by atomic mass is 16.5. The highest BCUT2D eigenvalue weighted by Gasteiger charge is 2.19. The summed E-state index contributed by atoms with van der Waals surface area (Å²) in [5, 5.41) is 0. The number of aromatic nitrogens is 1. The number of rotatable bonds is 10. The van der Waals surface area contributed by atoms with Crippen molar-refractivity contribution in [1.82, 2.24) is 4.98 Å². The Balaban J connectivity index is 1.76. The van der Waals surface area contributed by atoms with Gasteiger partial charge in [-0.1, -0.05) is 64.1 Å². The predicted molar refractivity (Wildman–Crippen MR) is 136 cm³/mol. The molecule has 0 spiro atoms. The Morgan fingerprint density at radius 3 is 2.06 bits per heavy atom.